The number of nitrogens with zero attached hydrogens (tertiary/aromatic N) is 2. The maximum atomic E-state index is 12.6. The number of carbonyl (C=O) groups excluding carboxylic acids is 2. The summed E-state index contributed by atoms with van der Waals surface area (Å²) < 4.78 is 1.03. The number of nitrogens with one attached hydrogen (secondary N) is 1. The van der Waals surface area contributed by atoms with Crippen LogP contribution in [-0.2, 0) is 9.59 Å². The smallest absolute Gasteiger partial charge is 0.231 e. The molecule has 2 aromatic carbocycles. The third kappa shape index (κ3) is 3.30. The molecule has 132 valence electrons. The summed E-state index contributed by atoms with van der Waals surface area (Å²) in [7, 11) is 0. The summed E-state index contributed by atoms with van der Waals surface area (Å²) in [6.45, 7) is 2.36. The summed E-state index contributed by atoms with van der Waals surface area (Å²) in [5, 5.41) is 3.98. The predicted octanol–water partition coefficient (Wildman–Crippen LogP) is 4.25. The zero-order valence-electron chi connectivity index (χ0n) is 14.0. The van der Waals surface area contributed by atoms with Crippen LogP contribution in [0.2, 0.25) is 5.02 Å². The summed E-state index contributed by atoms with van der Waals surface area (Å²) in [4.78, 5) is 31.0. The number of anilines is 2. The van der Waals surface area contributed by atoms with Gasteiger partial charge in [0.1, 0.15) is 0 Å². The third-order valence-corrected chi connectivity index (χ3v) is 5.56. The van der Waals surface area contributed by atoms with E-state index in [-0.39, 0.29) is 18.2 Å². The van der Waals surface area contributed by atoms with Gasteiger partial charge >= 0.3 is 0 Å². The van der Waals surface area contributed by atoms with Gasteiger partial charge in [-0.1, -0.05) is 35.1 Å². The number of hydrogen-bond acceptors (Lipinski definition) is 4. The molecule has 1 aliphatic rings. The number of hydrogen-bond donors (Lipinski definition) is 1. The van der Waals surface area contributed by atoms with Gasteiger partial charge in [-0.3, -0.25) is 9.59 Å². The summed E-state index contributed by atoms with van der Waals surface area (Å²) in [6, 6.07) is 13.1. The van der Waals surface area contributed by atoms with E-state index in [9.17, 15) is 9.59 Å². The van der Waals surface area contributed by atoms with E-state index >= 15 is 0 Å². The summed E-state index contributed by atoms with van der Waals surface area (Å²) in [5.41, 5.74) is 2.73. The fourth-order valence-electron chi connectivity index (χ4n) is 3.07. The molecule has 1 aromatic heterocycles. The summed E-state index contributed by atoms with van der Waals surface area (Å²) in [5.74, 6) is -0.666. The normalized spacial score (nSPS) is 17.1. The number of aryl methyl sites for hydroxylation is 1. The van der Waals surface area contributed by atoms with Crippen molar-refractivity contribution in [1.29, 1.82) is 0 Å². The Hall–Kier alpha value is -2.44. The number of aromatic nitrogens is 1. The van der Waals surface area contributed by atoms with Crippen LogP contribution in [0.4, 0.5) is 10.8 Å². The maximum Gasteiger partial charge on any atom is 0.231 e. The van der Waals surface area contributed by atoms with Crippen LogP contribution in [0.25, 0.3) is 10.2 Å². The average Bonchev–Trinajstić information content (AvgIpc) is 3.17. The van der Waals surface area contributed by atoms with Crippen molar-refractivity contribution in [2.45, 2.75) is 13.3 Å². The minimum atomic E-state index is -0.407. The number of rotatable bonds is 3. The summed E-state index contributed by atoms with van der Waals surface area (Å²) in [6.07, 6.45) is 0.183. The largest absolute Gasteiger partial charge is 0.312 e. The van der Waals surface area contributed by atoms with Crippen LogP contribution in [0.3, 0.4) is 0 Å². The first-order valence-electron chi connectivity index (χ1n) is 8.23. The highest BCUT2D eigenvalue weighted by Gasteiger charge is 2.35. The second kappa shape index (κ2) is 6.70. The Kier molecular flexibility index (Phi) is 4.38. The van der Waals surface area contributed by atoms with Crippen molar-refractivity contribution in [2.75, 3.05) is 16.8 Å². The fraction of sp³-hybridized carbons (Fsp3) is 0.211. The van der Waals surface area contributed by atoms with Gasteiger partial charge in [0.25, 0.3) is 0 Å². The first-order chi connectivity index (χ1) is 12.5. The van der Waals surface area contributed by atoms with Gasteiger partial charge in [0.15, 0.2) is 5.13 Å². The first kappa shape index (κ1) is 17.0. The van der Waals surface area contributed by atoms with Crippen molar-refractivity contribution in [3.63, 3.8) is 0 Å². The van der Waals surface area contributed by atoms with E-state index in [2.05, 4.69) is 10.3 Å². The number of benzene rings is 2. The molecule has 7 heteroatoms. The lowest BCUT2D eigenvalue weighted by Crippen LogP contribution is -2.28. The van der Waals surface area contributed by atoms with Crippen LogP contribution in [0.15, 0.2) is 42.5 Å². The van der Waals surface area contributed by atoms with Gasteiger partial charge in [-0.25, -0.2) is 4.98 Å². The molecule has 1 saturated heterocycles. The van der Waals surface area contributed by atoms with E-state index in [1.165, 1.54) is 11.3 Å². The van der Waals surface area contributed by atoms with E-state index in [1.807, 2.05) is 31.2 Å². The second-order valence-electron chi connectivity index (χ2n) is 6.36. The predicted molar refractivity (Wildman–Crippen MR) is 105 cm³/mol. The van der Waals surface area contributed by atoms with Crippen molar-refractivity contribution >= 4 is 55.8 Å². The van der Waals surface area contributed by atoms with Crippen LogP contribution >= 0.6 is 22.9 Å². The van der Waals surface area contributed by atoms with Gasteiger partial charge < -0.3 is 10.2 Å². The Balaban J connectivity index is 1.49. The summed E-state index contributed by atoms with van der Waals surface area (Å²) >= 11 is 7.44. The Labute approximate surface area is 159 Å². The van der Waals surface area contributed by atoms with E-state index < -0.39 is 5.92 Å². The highest BCUT2D eigenvalue weighted by atomic mass is 35.5. The minimum Gasteiger partial charge on any atom is -0.312 e. The second-order valence-corrected chi connectivity index (χ2v) is 7.83. The van der Waals surface area contributed by atoms with Gasteiger partial charge in [-0.05, 0) is 42.8 Å². The lowest BCUT2D eigenvalue weighted by Gasteiger charge is -2.16. The molecule has 1 fully saturated rings. The van der Waals surface area contributed by atoms with Crippen LogP contribution < -0.4 is 10.2 Å². The molecule has 0 aliphatic carbocycles. The molecule has 0 bridgehead atoms. The van der Waals surface area contributed by atoms with Gasteiger partial charge in [-0.2, -0.15) is 0 Å². The SMILES string of the molecule is Cc1ccc2nc(NC(=O)C3CC(=O)N(c4cccc(Cl)c4)C3)sc2c1. The Bertz CT molecular complexity index is 1020. The molecule has 3 aromatic rings. The molecule has 5 nitrogen and oxygen atoms in total. The van der Waals surface area contributed by atoms with Crippen LogP contribution in [0, 0.1) is 12.8 Å². The molecule has 0 saturated carbocycles. The van der Waals surface area contributed by atoms with E-state index in [0.29, 0.717) is 22.4 Å². The molecular weight excluding hydrogens is 370 g/mol. The molecule has 2 amide bonds. The van der Waals surface area contributed by atoms with Crippen molar-refractivity contribution < 1.29 is 9.59 Å². The van der Waals surface area contributed by atoms with E-state index in [4.69, 9.17) is 11.6 Å². The lowest BCUT2D eigenvalue weighted by atomic mass is 10.1. The zero-order valence-corrected chi connectivity index (χ0v) is 15.6. The fourth-order valence-corrected chi connectivity index (χ4v) is 4.22. The molecule has 1 atom stereocenters. The number of thiazole rings is 1. The zero-order chi connectivity index (χ0) is 18.3. The van der Waals surface area contributed by atoms with Crippen molar-refractivity contribution in [2.24, 2.45) is 5.92 Å². The van der Waals surface area contributed by atoms with Crippen LogP contribution in [0.5, 0.6) is 0 Å². The lowest BCUT2D eigenvalue weighted by molar-refractivity contribution is -0.122. The quantitative estimate of drug-likeness (QED) is 0.733. The standard InChI is InChI=1S/C19H16ClN3O2S/c1-11-5-6-15-16(7-11)26-19(21-15)22-18(25)12-8-17(24)23(10-12)14-4-2-3-13(20)9-14/h2-7,9,12H,8,10H2,1H3,(H,21,22,25). The number of halogens is 1. The topological polar surface area (TPSA) is 62.3 Å². The number of amides is 2. The number of fused-ring (bicyclic) bond motifs is 1. The Morgan fingerprint density at radius 3 is 2.96 bits per heavy atom. The molecule has 2 heterocycles. The first-order valence-corrected chi connectivity index (χ1v) is 9.43. The Morgan fingerprint density at radius 1 is 1.31 bits per heavy atom. The third-order valence-electron chi connectivity index (χ3n) is 4.39. The molecule has 4 rings (SSSR count). The Morgan fingerprint density at radius 2 is 2.15 bits per heavy atom. The monoisotopic (exact) mass is 385 g/mol. The van der Waals surface area contributed by atoms with E-state index in [1.54, 1.807) is 23.1 Å². The highest BCUT2D eigenvalue weighted by Crippen LogP contribution is 2.30. The van der Waals surface area contributed by atoms with Gasteiger partial charge in [-0.15, -0.1) is 0 Å². The molecule has 1 aliphatic heterocycles. The van der Waals surface area contributed by atoms with Gasteiger partial charge in [0.2, 0.25) is 11.8 Å². The van der Waals surface area contributed by atoms with Crippen molar-refractivity contribution in [3.8, 4) is 0 Å². The average molecular weight is 386 g/mol. The molecule has 0 spiro atoms. The van der Waals surface area contributed by atoms with Gasteiger partial charge in [0.05, 0.1) is 16.1 Å². The highest BCUT2D eigenvalue weighted by molar-refractivity contribution is 7.22. The molecule has 1 unspecified atom stereocenters. The van der Waals surface area contributed by atoms with Gasteiger partial charge in [0, 0.05) is 23.7 Å². The molecule has 1 N–H and O–H groups in total. The maximum absolute atomic E-state index is 12.6. The minimum absolute atomic E-state index is 0.0765. The van der Waals surface area contributed by atoms with Crippen molar-refractivity contribution in [3.05, 3.63) is 53.1 Å². The molecule has 0 radical (unpaired) electrons. The number of carbonyl (C=O) groups is 2. The molecular formula is C19H16ClN3O2S. The van der Waals surface area contributed by atoms with E-state index in [0.717, 1.165) is 15.8 Å². The van der Waals surface area contributed by atoms with Crippen molar-refractivity contribution in [1.82, 2.24) is 4.98 Å². The van der Waals surface area contributed by atoms with Crippen LogP contribution in [-0.4, -0.2) is 23.3 Å². The van der Waals surface area contributed by atoms with Crippen LogP contribution in [0.1, 0.15) is 12.0 Å². The molecule has 26 heavy (non-hydrogen) atoms.